The van der Waals surface area contributed by atoms with Gasteiger partial charge in [-0.05, 0) is 60.7 Å². The molecular formula is C28H17ClN4O5. The quantitative estimate of drug-likeness (QED) is 0.0920. The van der Waals surface area contributed by atoms with Gasteiger partial charge in [0.1, 0.15) is 5.75 Å². The lowest BCUT2D eigenvalue weighted by Gasteiger charge is -2.10. The molecule has 0 aliphatic heterocycles. The van der Waals surface area contributed by atoms with Crippen LogP contribution in [0.3, 0.4) is 0 Å². The molecule has 0 aliphatic carbocycles. The maximum Gasteiger partial charge on any atom is 0.343 e. The van der Waals surface area contributed by atoms with Crippen molar-refractivity contribution in [3.05, 3.63) is 134 Å². The number of aromatic nitrogens is 2. The fourth-order valence-electron chi connectivity index (χ4n) is 3.69. The number of hydrogen-bond donors (Lipinski definition) is 0. The first kappa shape index (κ1) is 24.5. The van der Waals surface area contributed by atoms with Gasteiger partial charge in [-0.2, -0.15) is 9.78 Å². The molecule has 0 spiro atoms. The summed E-state index contributed by atoms with van der Waals surface area (Å²) in [4.78, 5) is 41.2. The van der Waals surface area contributed by atoms with Gasteiger partial charge in [0, 0.05) is 28.3 Å². The predicted octanol–water partition coefficient (Wildman–Crippen LogP) is 5.73. The summed E-state index contributed by atoms with van der Waals surface area (Å²) in [5, 5.41) is 16.3. The van der Waals surface area contributed by atoms with E-state index in [9.17, 15) is 19.7 Å². The summed E-state index contributed by atoms with van der Waals surface area (Å²) in [6.45, 7) is 0. The summed E-state index contributed by atoms with van der Waals surface area (Å²) in [6, 6.07) is 25.5. The number of fused-ring (bicyclic) bond motifs is 1. The largest absolute Gasteiger partial charge is 0.422 e. The molecule has 5 aromatic rings. The molecule has 0 N–H and O–H groups in total. The molecule has 0 bridgehead atoms. The molecule has 0 fully saturated rings. The van der Waals surface area contributed by atoms with E-state index >= 15 is 0 Å². The Hall–Kier alpha value is -5.15. The summed E-state index contributed by atoms with van der Waals surface area (Å²) < 4.78 is 6.68. The maximum absolute atomic E-state index is 13.4. The number of hydrogen-bond acceptors (Lipinski definition) is 7. The van der Waals surface area contributed by atoms with Crippen LogP contribution >= 0.6 is 11.6 Å². The first-order valence-corrected chi connectivity index (χ1v) is 11.7. The van der Waals surface area contributed by atoms with E-state index in [1.165, 1.54) is 30.5 Å². The number of carbonyl (C=O) groups excluding carboxylic acids is 1. The molecule has 4 aromatic carbocycles. The number of benzene rings is 4. The van der Waals surface area contributed by atoms with Crippen LogP contribution in [0.2, 0.25) is 5.02 Å². The van der Waals surface area contributed by atoms with E-state index in [4.69, 9.17) is 16.3 Å². The van der Waals surface area contributed by atoms with Gasteiger partial charge in [-0.25, -0.2) is 9.78 Å². The van der Waals surface area contributed by atoms with Crippen LogP contribution in [0, 0.1) is 10.1 Å². The Labute approximate surface area is 220 Å². The van der Waals surface area contributed by atoms with Gasteiger partial charge in [0.15, 0.2) is 5.82 Å². The van der Waals surface area contributed by atoms with Gasteiger partial charge in [-0.1, -0.05) is 35.9 Å². The van der Waals surface area contributed by atoms with Crippen molar-refractivity contribution in [3.63, 3.8) is 0 Å². The Morgan fingerprint density at radius 2 is 1.63 bits per heavy atom. The van der Waals surface area contributed by atoms with Gasteiger partial charge in [-0.15, -0.1) is 0 Å². The van der Waals surface area contributed by atoms with E-state index < -0.39 is 16.5 Å². The highest BCUT2D eigenvalue weighted by atomic mass is 35.5. The average molecular weight is 525 g/mol. The van der Waals surface area contributed by atoms with Crippen molar-refractivity contribution < 1.29 is 14.5 Å². The third-order valence-electron chi connectivity index (χ3n) is 5.60. The van der Waals surface area contributed by atoms with Gasteiger partial charge < -0.3 is 4.74 Å². The summed E-state index contributed by atoms with van der Waals surface area (Å²) in [5.41, 5.74) is 1.13. The van der Waals surface area contributed by atoms with Gasteiger partial charge in [0.2, 0.25) is 0 Å². The second-order valence-corrected chi connectivity index (χ2v) is 8.49. The van der Waals surface area contributed by atoms with Crippen molar-refractivity contribution in [3.8, 4) is 17.1 Å². The number of nitrogens with zero attached hydrogens (tertiary/aromatic N) is 4. The Bertz CT molecular complexity index is 1760. The van der Waals surface area contributed by atoms with Gasteiger partial charge in [-0.3, -0.25) is 14.9 Å². The Kier molecular flexibility index (Phi) is 6.75. The van der Waals surface area contributed by atoms with Crippen molar-refractivity contribution in [2.75, 3.05) is 0 Å². The molecular weight excluding hydrogens is 508 g/mol. The molecule has 9 nitrogen and oxygen atoms in total. The number of non-ortho nitro benzene ring substituents is 1. The van der Waals surface area contributed by atoms with Crippen molar-refractivity contribution in [2.24, 2.45) is 5.10 Å². The van der Waals surface area contributed by atoms with Crippen LogP contribution in [0.25, 0.3) is 22.3 Å². The summed E-state index contributed by atoms with van der Waals surface area (Å²) >= 11 is 5.90. The Morgan fingerprint density at radius 3 is 2.37 bits per heavy atom. The summed E-state index contributed by atoms with van der Waals surface area (Å²) in [6.07, 6.45) is 1.39. The van der Waals surface area contributed by atoms with Crippen LogP contribution in [0.5, 0.6) is 5.75 Å². The van der Waals surface area contributed by atoms with E-state index in [1.807, 2.05) is 0 Å². The minimum absolute atomic E-state index is 0.0941. The van der Waals surface area contributed by atoms with Crippen LogP contribution < -0.4 is 10.3 Å². The van der Waals surface area contributed by atoms with Crippen molar-refractivity contribution in [1.82, 2.24) is 9.66 Å². The molecule has 0 aliphatic rings. The van der Waals surface area contributed by atoms with Gasteiger partial charge in [0.25, 0.3) is 11.2 Å². The minimum atomic E-state index is -0.585. The number of nitro groups is 1. The van der Waals surface area contributed by atoms with E-state index in [0.29, 0.717) is 32.6 Å². The molecule has 0 amide bonds. The molecule has 38 heavy (non-hydrogen) atoms. The first-order valence-electron chi connectivity index (χ1n) is 11.3. The molecule has 10 heteroatoms. The summed E-state index contributed by atoms with van der Waals surface area (Å²) in [5.74, 6) is -0.163. The lowest BCUT2D eigenvalue weighted by atomic mass is 10.1. The molecule has 0 saturated heterocycles. The van der Waals surface area contributed by atoms with E-state index in [2.05, 4.69) is 10.1 Å². The summed E-state index contributed by atoms with van der Waals surface area (Å²) in [7, 11) is 0. The maximum atomic E-state index is 13.4. The van der Waals surface area contributed by atoms with Crippen LogP contribution in [0.1, 0.15) is 15.9 Å². The lowest BCUT2D eigenvalue weighted by molar-refractivity contribution is -0.384. The molecule has 186 valence electrons. The fourth-order valence-corrected chi connectivity index (χ4v) is 3.82. The number of ether oxygens (including phenoxy) is 1. The third kappa shape index (κ3) is 5.04. The SMILES string of the molecule is O=C(Oc1ccccc1C=Nn1c(-c2ccc([N+](=O)[O-])cc2)nc2ccccc2c1=O)c1ccc(Cl)cc1. The lowest BCUT2D eigenvalue weighted by Crippen LogP contribution is -2.20. The van der Waals surface area contributed by atoms with E-state index in [0.717, 1.165) is 4.68 Å². The molecule has 5 rings (SSSR count). The number of rotatable bonds is 6. The highest BCUT2D eigenvalue weighted by Crippen LogP contribution is 2.23. The van der Waals surface area contributed by atoms with Crippen molar-refractivity contribution >= 4 is 40.4 Å². The van der Waals surface area contributed by atoms with Crippen LogP contribution in [-0.4, -0.2) is 26.8 Å². The van der Waals surface area contributed by atoms with Crippen molar-refractivity contribution in [2.45, 2.75) is 0 Å². The Morgan fingerprint density at radius 1 is 0.947 bits per heavy atom. The fraction of sp³-hybridized carbons (Fsp3) is 0. The number of carbonyl (C=O) groups is 1. The molecule has 1 heterocycles. The highest BCUT2D eigenvalue weighted by molar-refractivity contribution is 6.30. The van der Waals surface area contributed by atoms with Crippen LogP contribution in [0.15, 0.2) is 107 Å². The number of nitro benzene ring substituents is 1. The average Bonchev–Trinajstić information content (AvgIpc) is 2.93. The van der Waals surface area contributed by atoms with Gasteiger partial charge >= 0.3 is 5.97 Å². The number of halogens is 1. The van der Waals surface area contributed by atoms with E-state index in [1.54, 1.807) is 72.8 Å². The number of esters is 1. The van der Waals surface area contributed by atoms with Crippen LogP contribution in [-0.2, 0) is 0 Å². The predicted molar refractivity (Wildman–Crippen MR) is 144 cm³/mol. The Balaban J connectivity index is 1.56. The third-order valence-corrected chi connectivity index (χ3v) is 5.86. The molecule has 0 radical (unpaired) electrons. The number of para-hydroxylation sites is 2. The molecule has 1 aromatic heterocycles. The minimum Gasteiger partial charge on any atom is -0.422 e. The smallest absolute Gasteiger partial charge is 0.343 e. The van der Waals surface area contributed by atoms with E-state index in [-0.39, 0.29) is 17.3 Å². The normalized spacial score (nSPS) is 11.1. The second-order valence-electron chi connectivity index (χ2n) is 8.05. The zero-order valence-electron chi connectivity index (χ0n) is 19.5. The van der Waals surface area contributed by atoms with Crippen molar-refractivity contribution in [1.29, 1.82) is 0 Å². The second kappa shape index (κ2) is 10.5. The van der Waals surface area contributed by atoms with Crippen LogP contribution in [0.4, 0.5) is 5.69 Å². The molecule has 0 unspecified atom stereocenters. The molecule has 0 saturated carbocycles. The zero-order chi connectivity index (χ0) is 26.6. The highest BCUT2D eigenvalue weighted by Gasteiger charge is 2.15. The van der Waals surface area contributed by atoms with Gasteiger partial charge in [0.05, 0.1) is 27.6 Å². The first-order chi connectivity index (χ1) is 18.4. The standard InChI is InChI=1S/C28H17ClN4O5/c29-21-13-9-19(10-14-21)28(35)38-25-8-4-1-5-20(25)17-30-32-26(18-11-15-22(16-12-18)33(36)37)31-24-7-3-2-6-23(24)27(32)34/h1-17H. The zero-order valence-corrected chi connectivity index (χ0v) is 20.3. The monoisotopic (exact) mass is 524 g/mol. The topological polar surface area (TPSA) is 117 Å². The molecule has 0 atom stereocenters.